The lowest BCUT2D eigenvalue weighted by atomic mass is 10.1. The van der Waals surface area contributed by atoms with Crippen LogP contribution in [0.15, 0.2) is 53.4 Å². The molecule has 0 spiro atoms. The first-order chi connectivity index (χ1) is 12.0. The van der Waals surface area contributed by atoms with E-state index in [0.717, 1.165) is 0 Å². The fraction of sp³-hybridized carbons (Fsp3) is 0.118. The van der Waals surface area contributed by atoms with Gasteiger partial charge in [0.25, 0.3) is 11.8 Å². The fourth-order valence-electron chi connectivity index (χ4n) is 2.31. The molecule has 0 aliphatic carbocycles. The second-order valence-electron chi connectivity index (χ2n) is 5.08. The van der Waals surface area contributed by atoms with Crippen LogP contribution in [0.3, 0.4) is 0 Å². The van der Waals surface area contributed by atoms with Gasteiger partial charge < -0.3 is 9.57 Å². The fourth-order valence-corrected chi connectivity index (χ4v) is 3.22. The second-order valence-corrected chi connectivity index (χ2v) is 6.53. The standard InChI is InChI=1S/C17H13NO6S/c1-23-11-5-4-6-12(9-11)25(22)10-15(19)24-18-16(20)13-7-2-3-8-14(13)17(18)21/h2-9H,10H2,1H3. The van der Waals surface area contributed by atoms with Crippen molar-refractivity contribution < 1.29 is 28.2 Å². The van der Waals surface area contributed by atoms with Crippen LogP contribution in [0.25, 0.3) is 0 Å². The molecule has 0 N–H and O–H groups in total. The van der Waals surface area contributed by atoms with E-state index in [0.29, 0.717) is 15.7 Å². The molecule has 1 unspecified atom stereocenters. The van der Waals surface area contributed by atoms with E-state index in [1.807, 2.05) is 0 Å². The summed E-state index contributed by atoms with van der Waals surface area (Å²) in [6.45, 7) is 0. The highest BCUT2D eigenvalue weighted by atomic mass is 32.2. The van der Waals surface area contributed by atoms with Crippen LogP contribution in [0, 0.1) is 0 Å². The molecule has 1 heterocycles. The highest BCUT2D eigenvalue weighted by molar-refractivity contribution is 7.85. The van der Waals surface area contributed by atoms with Crippen molar-refractivity contribution in [3.8, 4) is 5.75 Å². The van der Waals surface area contributed by atoms with E-state index in [1.54, 1.807) is 30.3 Å². The number of rotatable bonds is 5. The van der Waals surface area contributed by atoms with Crippen LogP contribution in [-0.4, -0.2) is 39.9 Å². The molecule has 0 radical (unpaired) electrons. The Labute approximate surface area is 145 Å². The molecule has 128 valence electrons. The summed E-state index contributed by atoms with van der Waals surface area (Å²) in [6.07, 6.45) is 0. The minimum absolute atomic E-state index is 0.161. The highest BCUT2D eigenvalue weighted by Crippen LogP contribution is 2.23. The van der Waals surface area contributed by atoms with E-state index in [9.17, 15) is 18.6 Å². The number of carbonyl (C=O) groups excluding carboxylic acids is 3. The monoisotopic (exact) mass is 359 g/mol. The number of carbonyl (C=O) groups is 3. The molecule has 1 aliphatic heterocycles. The van der Waals surface area contributed by atoms with Gasteiger partial charge in [-0.15, -0.1) is 0 Å². The first-order valence-corrected chi connectivity index (χ1v) is 8.54. The maximum absolute atomic E-state index is 12.2. The van der Waals surface area contributed by atoms with Gasteiger partial charge in [-0.3, -0.25) is 13.8 Å². The first kappa shape index (κ1) is 16.8. The summed E-state index contributed by atoms with van der Waals surface area (Å²) in [6, 6.07) is 12.6. The molecule has 0 fully saturated rings. The molecule has 2 aromatic carbocycles. The summed E-state index contributed by atoms with van der Waals surface area (Å²) in [5.41, 5.74) is 0.323. The Morgan fingerprint density at radius 3 is 2.28 bits per heavy atom. The van der Waals surface area contributed by atoms with Crippen molar-refractivity contribution in [3.05, 3.63) is 59.7 Å². The Balaban J connectivity index is 1.68. The molecule has 0 saturated heterocycles. The Kier molecular flexibility index (Phi) is 4.62. The quantitative estimate of drug-likeness (QED) is 0.753. The van der Waals surface area contributed by atoms with E-state index < -0.39 is 34.3 Å². The van der Waals surface area contributed by atoms with Crippen LogP contribution in [0.4, 0.5) is 0 Å². The Morgan fingerprint density at radius 1 is 1.04 bits per heavy atom. The van der Waals surface area contributed by atoms with Gasteiger partial charge in [-0.2, -0.15) is 0 Å². The number of fused-ring (bicyclic) bond motifs is 1. The van der Waals surface area contributed by atoms with Crippen molar-refractivity contribution in [3.63, 3.8) is 0 Å². The van der Waals surface area contributed by atoms with E-state index in [-0.39, 0.29) is 11.1 Å². The van der Waals surface area contributed by atoms with Crippen LogP contribution in [0.2, 0.25) is 0 Å². The van der Waals surface area contributed by atoms with Gasteiger partial charge in [-0.25, -0.2) is 4.79 Å². The molecule has 0 aromatic heterocycles. The predicted molar refractivity (Wildman–Crippen MR) is 87.3 cm³/mol. The molecule has 3 rings (SSSR count). The lowest BCUT2D eigenvalue weighted by molar-refractivity contribution is -0.165. The Hall–Kier alpha value is -3.00. The number of hydrogen-bond donors (Lipinski definition) is 0. The van der Waals surface area contributed by atoms with Gasteiger partial charge in [-0.1, -0.05) is 23.3 Å². The third kappa shape index (κ3) is 3.29. The molecule has 0 saturated carbocycles. The third-order valence-corrected chi connectivity index (χ3v) is 4.78. The molecular weight excluding hydrogens is 346 g/mol. The molecular formula is C17H13NO6S. The summed E-state index contributed by atoms with van der Waals surface area (Å²) < 4.78 is 17.3. The summed E-state index contributed by atoms with van der Waals surface area (Å²) in [7, 11) is -0.231. The largest absolute Gasteiger partial charge is 0.497 e. The van der Waals surface area contributed by atoms with Crippen molar-refractivity contribution >= 4 is 28.6 Å². The minimum Gasteiger partial charge on any atom is -0.497 e. The number of ether oxygens (including phenoxy) is 1. The van der Waals surface area contributed by atoms with Gasteiger partial charge in [0.05, 0.1) is 29.0 Å². The van der Waals surface area contributed by atoms with Crippen molar-refractivity contribution in [1.82, 2.24) is 5.06 Å². The zero-order valence-corrected chi connectivity index (χ0v) is 13.9. The lowest BCUT2D eigenvalue weighted by Gasteiger charge is -2.12. The van der Waals surface area contributed by atoms with E-state index in [2.05, 4.69) is 0 Å². The van der Waals surface area contributed by atoms with Gasteiger partial charge >= 0.3 is 5.97 Å². The van der Waals surface area contributed by atoms with Crippen LogP contribution < -0.4 is 4.74 Å². The number of hydrogen-bond acceptors (Lipinski definition) is 6. The molecule has 25 heavy (non-hydrogen) atoms. The second kappa shape index (κ2) is 6.86. The average molecular weight is 359 g/mol. The van der Waals surface area contributed by atoms with Gasteiger partial charge in [-0.05, 0) is 30.3 Å². The number of hydroxylamine groups is 2. The van der Waals surface area contributed by atoms with Gasteiger partial charge in [0, 0.05) is 4.90 Å². The van der Waals surface area contributed by atoms with Crippen molar-refractivity contribution in [2.45, 2.75) is 4.90 Å². The summed E-state index contributed by atoms with van der Waals surface area (Å²) in [5, 5.41) is 0.399. The van der Waals surface area contributed by atoms with Crippen LogP contribution >= 0.6 is 0 Å². The van der Waals surface area contributed by atoms with Crippen LogP contribution in [-0.2, 0) is 20.4 Å². The van der Waals surface area contributed by atoms with Gasteiger partial charge in [0.15, 0.2) is 0 Å². The van der Waals surface area contributed by atoms with Crippen LogP contribution in [0.1, 0.15) is 20.7 Å². The predicted octanol–water partition coefficient (Wildman–Crippen LogP) is 1.56. The molecule has 8 heteroatoms. The number of imide groups is 1. The van der Waals surface area contributed by atoms with Crippen LogP contribution in [0.5, 0.6) is 5.75 Å². The third-order valence-electron chi connectivity index (χ3n) is 3.50. The van der Waals surface area contributed by atoms with E-state index >= 15 is 0 Å². The van der Waals surface area contributed by atoms with Crippen molar-refractivity contribution in [1.29, 1.82) is 0 Å². The molecule has 2 amide bonds. The maximum atomic E-state index is 12.2. The molecule has 0 bridgehead atoms. The molecule has 7 nitrogen and oxygen atoms in total. The van der Waals surface area contributed by atoms with Crippen molar-refractivity contribution in [2.75, 3.05) is 12.9 Å². The topological polar surface area (TPSA) is 90.0 Å². The summed E-state index contributed by atoms with van der Waals surface area (Å²) >= 11 is 0. The number of amides is 2. The molecule has 1 aliphatic rings. The van der Waals surface area contributed by atoms with Gasteiger partial charge in [0.2, 0.25) is 0 Å². The van der Waals surface area contributed by atoms with Crippen molar-refractivity contribution in [2.24, 2.45) is 0 Å². The van der Waals surface area contributed by atoms with E-state index in [1.165, 1.54) is 25.3 Å². The zero-order chi connectivity index (χ0) is 18.0. The number of benzene rings is 2. The SMILES string of the molecule is COc1cccc(S(=O)CC(=O)ON2C(=O)c3ccccc3C2=O)c1. The van der Waals surface area contributed by atoms with Gasteiger partial charge in [0.1, 0.15) is 11.5 Å². The summed E-state index contributed by atoms with van der Waals surface area (Å²) in [5.74, 6) is -2.39. The minimum atomic E-state index is -1.70. The maximum Gasteiger partial charge on any atom is 0.346 e. The Morgan fingerprint density at radius 2 is 1.68 bits per heavy atom. The zero-order valence-electron chi connectivity index (χ0n) is 13.1. The highest BCUT2D eigenvalue weighted by Gasteiger charge is 2.38. The Bertz CT molecular complexity index is 859. The smallest absolute Gasteiger partial charge is 0.346 e. The number of methoxy groups -OCH3 is 1. The summed E-state index contributed by atoms with van der Waals surface area (Å²) in [4.78, 5) is 41.4. The normalized spacial score (nSPS) is 14.2. The van der Waals surface area contributed by atoms with E-state index in [4.69, 9.17) is 9.57 Å². The lowest BCUT2D eigenvalue weighted by Crippen LogP contribution is -2.34. The molecule has 2 aromatic rings. The first-order valence-electron chi connectivity index (χ1n) is 7.22. The number of nitrogens with zero attached hydrogens (tertiary/aromatic N) is 1. The molecule has 1 atom stereocenters. The average Bonchev–Trinajstić information content (AvgIpc) is 2.87.